The molecular formula is C17H26N2O. The van der Waals surface area contributed by atoms with E-state index in [1.54, 1.807) is 0 Å². The molecule has 0 aliphatic carbocycles. The minimum Gasteiger partial charge on any atom is -0.493 e. The minimum absolute atomic E-state index is 0.651. The maximum atomic E-state index is 5.77. The molecule has 0 radical (unpaired) electrons. The van der Waals surface area contributed by atoms with Crippen molar-refractivity contribution in [3.8, 4) is 5.75 Å². The van der Waals surface area contributed by atoms with E-state index in [-0.39, 0.29) is 0 Å². The van der Waals surface area contributed by atoms with Crippen molar-refractivity contribution in [2.75, 3.05) is 45.9 Å². The van der Waals surface area contributed by atoms with E-state index in [0.717, 1.165) is 18.8 Å². The second kappa shape index (κ2) is 6.59. The lowest BCUT2D eigenvalue weighted by Gasteiger charge is -2.37. The third-order valence-corrected chi connectivity index (χ3v) is 4.57. The SMILES string of the molecule is CCCN1CCN(C[C@@H]2CCOc3ccccc32)CC1. The summed E-state index contributed by atoms with van der Waals surface area (Å²) in [5.41, 5.74) is 1.41. The van der Waals surface area contributed by atoms with E-state index in [9.17, 15) is 0 Å². The van der Waals surface area contributed by atoms with Crippen LogP contribution in [0.5, 0.6) is 5.75 Å². The van der Waals surface area contributed by atoms with Crippen LogP contribution in [0.25, 0.3) is 0 Å². The molecule has 110 valence electrons. The van der Waals surface area contributed by atoms with Gasteiger partial charge in [0.15, 0.2) is 0 Å². The van der Waals surface area contributed by atoms with Gasteiger partial charge in [-0.2, -0.15) is 0 Å². The molecule has 0 bridgehead atoms. The highest BCUT2D eigenvalue weighted by Gasteiger charge is 2.25. The number of benzene rings is 1. The fourth-order valence-electron chi connectivity index (χ4n) is 3.43. The Balaban J connectivity index is 1.57. The average molecular weight is 274 g/mol. The lowest BCUT2D eigenvalue weighted by molar-refractivity contribution is 0.120. The molecule has 0 aromatic heterocycles. The van der Waals surface area contributed by atoms with E-state index in [1.807, 2.05) is 0 Å². The zero-order valence-corrected chi connectivity index (χ0v) is 12.6. The van der Waals surface area contributed by atoms with Crippen molar-refractivity contribution in [2.45, 2.75) is 25.7 Å². The van der Waals surface area contributed by atoms with E-state index in [4.69, 9.17) is 4.74 Å². The zero-order valence-electron chi connectivity index (χ0n) is 12.6. The normalized spacial score (nSPS) is 24.1. The first kappa shape index (κ1) is 13.9. The van der Waals surface area contributed by atoms with Gasteiger partial charge in [-0.1, -0.05) is 25.1 Å². The number of ether oxygens (including phenoxy) is 1. The quantitative estimate of drug-likeness (QED) is 0.839. The average Bonchev–Trinajstić information content (AvgIpc) is 2.50. The van der Waals surface area contributed by atoms with Gasteiger partial charge in [0.05, 0.1) is 6.61 Å². The van der Waals surface area contributed by atoms with Crippen LogP contribution in [0.1, 0.15) is 31.2 Å². The first-order valence-corrected chi connectivity index (χ1v) is 8.03. The molecule has 1 fully saturated rings. The molecule has 0 unspecified atom stereocenters. The van der Waals surface area contributed by atoms with Gasteiger partial charge in [-0.15, -0.1) is 0 Å². The molecule has 3 heteroatoms. The van der Waals surface area contributed by atoms with Gasteiger partial charge in [0, 0.05) is 38.6 Å². The lowest BCUT2D eigenvalue weighted by atomic mass is 9.92. The van der Waals surface area contributed by atoms with Crippen molar-refractivity contribution in [1.82, 2.24) is 9.80 Å². The molecule has 0 saturated carbocycles. The molecule has 1 aromatic rings. The molecule has 1 saturated heterocycles. The van der Waals surface area contributed by atoms with Crippen molar-refractivity contribution in [3.05, 3.63) is 29.8 Å². The number of hydrogen-bond acceptors (Lipinski definition) is 3. The van der Waals surface area contributed by atoms with E-state index >= 15 is 0 Å². The molecule has 0 amide bonds. The van der Waals surface area contributed by atoms with Crippen molar-refractivity contribution in [3.63, 3.8) is 0 Å². The summed E-state index contributed by atoms with van der Waals surface area (Å²) in [7, 11) is 0. The van der Waals surface area contributed by atoms with Crippen molar-refractivity contribution in [1.29, 1.82) is 0 Å². The molecule has 20 heavy (non-hydrogen) atoms. The van der Waals surface area contributed by atoms with E-state index < -0.39 is 0 Å². The van der Waals surface area contributed by atoms with E-state index in [2.05, 4.69) is 41.0 Å². The maximum Gasteiger partial charge on any atom is 0.122 e. The third kappa shape index (κ3) is 3.15. The second-order valence-electron chi connectivity index (χ2n) is 6.01. The lowest BCUT2D eigenvalue weighted by Crippen LogP contribution is -2.47. The molecule has 2 heterocycles. The van der Waals surface area contributed by atoms with Gasteiger partial charge in [-0.05, 0) is 31.0 Å². The van der Waals surface area contributed by atoms with Gasteiger partial charge in [-0.25, -0.2) is 0 Å². The van der Waals surface area contributed by atoms with Crippen LogP contribution in [0.4, 0.5) is 0 Å². The summed E-state index contributed by atoms with van der Waals surface area (Å²) < 4.78 is 5.77. The maximum absolute atomic E-state index is 5.77. The van der Waals surface area contributed by atoms with E-state index in [1.165, 1.54) is 51.3 Å². The molecule has 2 aliphatic rings. The molecule has 0 N–H and O–H groups in total. The molecule has 2 aliphatic heterocycles. The predicted molar refractivity (Wildman–Crippen MR) is 82.5 cm³/mol. The van der Waals surface area contributed by atoms with Gasteiger partial charge in [0.25, 0.3) is 0 Å². The van der Waals surface area contributed by atoms with Crippen LogP contribution < -0.4 is 4.74 Å². The van der Waals surface area contributed by atoms with Crippen molar-refractivity contribution in [2.24, 2.45) is 0 Å². The number of nitrogens with zero attached hydrogens (tertiary/aromatic N) is 2. The van der Waals surface area contributed by atoms with Crippen LogP contribution in [-0.2, 0) is 0 Å². The molecule has 1 aromatic carbocycles. The fraction of sp³-hybridized carbons (Fsp3) is 0.647. The smallest absolute Gasteiger partial charge is 0.122 e. The molecule has 0 spiro atoms. The molecule has 3 nitrogen and oxygen atoms in total. The Hall–Kier alpha value is -1.06. The number of rotatable bonds is 4. The Kier molecular flexibility index (Phi) is 4.58. The first-order valence-electron chi connectivity index (χ1n) is 8.03. The molecule has 1 atom stereocenters. The van der Waals surface area contributed by atoms with Crippen molar-refractivity contribution < 1.29 is 4.74 Å². The van der Waals surface area contributed by atoms with Crippen LogP contribution in [0, 0.1) is 0 Å². The van der Waals surface area contributed by atoms with Gasteiger partial charge < -0.3 is 14.5 Å². The third-order valence-electron chi connectivity index (χ3n) is 4.57. The van der Waals surface area contributed by atoms with E-state index in [0.29, 0.717) is 5.92 Å². The van der Waals surface area contributed by atoms with Gasteiger partial charge in [0.2, 0.25) is 0 Å². The van der Waals surface area contributed by atoms with Gasteiger partial charge in [-0.3, -0.25) is 0 Å². The summed E-state index contributed by atoms with van der Waals surface area (Å²) in [6.07, 6.45) is 2.43. The summed E-state index contributed by atoms with van der Waals surface area (Å²) in [5, 5.41) is 0. The minimum atomic E-state index is 0.651. The predicted octanol–water partition coefficient (Wildman–Crippen LogP) is 2.58. The van der Waals surface area contributed by atoms with Crippen LogP contribution in [0.3, 0.4) is 0 Å². The summed E-state index contributed by atoms with van der Waals surface area (Å²) in [6.45, 7) is 10.5. The van der Waals surface area contributed by atoms with Crippen molar-refractivity contribution >= 4 is 0 Å². The summed E-state index contributed by atoms with van der Waals surface area (Å²) in [5.74, 6) is 1.76. The monoisotopic (exact) mass is 274 g/mol. The van der Waals surface area contributed by atoms with Crippen LogP contribution in [-0.4, -0.2) is 55.7 Å². The largest absolute Gasteiger partial charge is 0.493 e. The second-order valence-corrected chi connectivity index (χ2v) is 6.01. The number of hydrogen-bond donors (Lipinski definition) is 0. The molecular weight excluding hydrogens is 248 g/mol. The Morgan fingerprint density at radius 1 is 1.10 bits per heavy atom. The highest BCUT2D eigenvalue weighted by atomic mass is 16.5. The summed E-state index contributed by atoms with van der Waals surface area (Å²) in [6, 6.07) is 8.57. The Labute approximate surface area is 122 Å². The standard InChI is InChI=1S/C17H26N2O/c1-2-8-18-9-11-19(12-10-18)14-15-7-13-20-17-6-4-3-5-16(15)17/h3-6,15H,2,7-14H2,1H3/t15-/m0/s1. The first-order chi connectivity index (χ1) is 9.86. The summed E-state index contributed by atoms with van der Waals surface area (Å²) in [4.78, 5) is 5.23. The Morgan fingerprint density at radius 3 is 2.65 bits per heavy atom. The zero-order chi connectivity index (χ0) is 13.8. The molecule has 3 rings (SSSR count). The van der Waals surface area contributed by atoms with Crippen LogP contribution in [0.15, 0.2) is 24.3 Å². The van der Waals surface area contributed by atoms with Crippen LogP contribution in [0.2, 0.25) is 0 Å². The topological polar surface area (TPSA) is 15.7 Å². The van der Waals surface area contributed by atoms with Gasteiger partial charge >= 0.3 is 0 Å². The number of piperazine rings is 1. The Bertz CT molecular complexity index is 427. The highest BCUT2D eigenvalue weighted by Crippen LogP contribution is 2.33. The van der Waals surface area contributed by atoms with Crippen LogP contribution >= 0.6 is 0 Å². The fourth-order valence-corrected chi connectivity index (χ4v) is 3.43. The Morgan fingerprint density at radius 2 is 1.85 bits per heavy atom. The summed E-state index contributed by atoms with van der Waals surface area (Å²) >= 11 is 0. The van der Waals surface area contributed by atoms with Gasteiger partial charge in [0.1, 0.15) is 5.75 Å². The highest BCUT2D eigenvalue weighted by molar-refractivity contribution is 5.37. The number of fused-ring (bicyclic) bond motifs is 1. The number of para-hydroxylation sites is 1.